The molecular formula is C23H29NO4. The van der Waals surface area contributed by atoms with Crippen LogP contribution < -0.4 is 0 Å². The van der Waals surface area contributed by atoms with Crippen LogP contribution in [0, 0.1) is 45.8 Å². The molecule has 0 aromatic heterocycles. The van der Waals surface area contributed by atoms with Crippen molar-refractivity contribution in [1.29, 1.82) is 0 Å². The van der Waals surface area contributed by atoms with Crippen molar-refractivity contribution in [3.05, 3.63) is 28.2 Å². The Labute approximate surface area is 165 Å². The van der Waals surface area contributed by atoms with Crippen LogP contribution >= 0.6 is 0 Å². The van der Waals surface area contributed by atoms with Crippen molar-refractivity contribution in [2.45, 2.75) is 63.5 Å². The van der Waals surface area contributed by atoms with Crippen LogP contribution in [0.3, 0.4) is 0 Å². The molecule has 4 fully saturated rings. The number of nitrogens with zero attached hydrogens (tertiary/aromatic N) is 1. The first-order valence-electron chi connectivity index (χ1n) is 11.1. The van der Waals surface area contributed by atoms with E-state index in [0.717, 1.165) is 38.5 Å². The van der Waals surface area contributed by atoms with Gasteiger partial charge in [-0.25, -0.2) is 4.79 Å². The van der Waals surface area contributed by atoms with Gasteiger partial charge in [0, 0.05) is 17.4 Å². The quantitative estimate of drug-likeness (QED) is 0.447. The van der Waals surface area contributed by atoms with E-state index in [4.69, 9.17) is 4.74 Å². The lowest BCUT2D eigenvalue weighted by atomic mass is 9.48. The van der Waals surface area contributed by atoms with Crippen molar-refractivity contribution in [2.24, 2.45) is 46.1 Å². The number of aliphatic hydroxyl groups excluding tert-OH is 1. The molecule has 5 aliphatic carbocycles. The number of carbonyl (C=O) groups excluding carboxylic acids is 1. The van der Waals surface area contributed by atoms with Gasteiger partial charge in [-0.2, -0.15) is 4.91 Å². The molecule has 9 atom stereocenters. The van der Waals surface area contributed by atoms with E-state index in [2.05, 4.69) is 18.2 Å². The minimum absolute atomic E-state index is 0.0179. The Bertz CT molecular complexity index is 817. The highest BCUT2D eigenvalue weighted by Crippen LogP contribution is 2.77. The van der Waals surface area contributed by atoms with Gasteiger partial charge in [0.1, 0.15) is 5.60 Å². The van der Waals surface area contributed by atoms with Crippen LogP contribution in [0.2, 0.25) is 0 Å². The first-order chi connectivity index (χ1) is 13.5. The van der Waals surface area contributed by atoms with Crippen LogP contribution in [0.25, 0.3) is 0 Å². The molecule has 28 heavy (non-hydrogen) atoms. The lowest BCUT2D eigenvalue weighted by molar-refractivity contribution is -0.167. The maximum atomic E-state index is 12.0. The zero-order valence-corrected chi connectivity index (χ0v) is 16.5. The zero-order valence-electron chi connectivity index (χ0n) is 16.5. The summed E-state index contributed by atoms with van der Waals surface area (Å²) >= 11 is 0. The predicted molar refractivity (Wildman–Crippen MR) is 103 cm³/mol. The summed E-state index contributed by atoms with van der Waals surface area (Å²) in [5.41, 5.74) is 2.17. The van der Waals surface area contributed by atoms with Gasteiger partial charge in [0.25, 0.3) is 0 Å². The van der Waals surface area contributed by atoms with Gasteiger partial charge in [-0.1, -0.05) is 17.7 Å². The van der Waals surface area contributed by atoms with Crippen LogP contribution in [0.4, 0.5) is 0 Å². The van der Waals surface area contributed by atoms with Crippen molar-refractivity contribution < 1.29 is 14.6 Å². The summed E-state index contributed by atoms with van der Waals surface area (Å²) in [6.07, 6.45) is 10.8. The van der Waals surface area contributed by atoms with Crippen LogP contribution in [0.1, 0.15) is 51.9 Å². The van der Waals surface area contributed by atoms with Crippen molar-refractivity contribution in [3.8, 4) is 0 Å². The third-order valence-electron chi connectivity index (χ3n) is 9.73. The van der Waals surface area contributed by atoms with E-state index in [1.165, 1.54) is 17.6 Å². The second-order valence-electron chi connectivity index (χ2n) is 10.5. The van der Waals surface area contributed by atoms with Crippen LogP contribution in [0.15, 0.2) is 28.5 Å². The largest absolute Gasteiger partial charge is 0.451 e. The second-order valence-corrected chi connectivity index (χ2v) is 10.5. The van der Waals surface area contributed by atoms with Crippen molar-refractivity contribution in [1.82, 2.24) is 0 Å². The molecule has 0 radical (unpaired) electrons. The average molecular weight is 383 g/mol. The van der Waals surface area contributed by atoms with E-state index in [-0.39, 0.29) is 29.6 Å². The van der Waals surface area contributed by atoms with Crippen LogP contribution in [-0.4, -0.2) is 29.3 Å². The fraction of sp³-hybridized carbons (Fsp3) is 0.783. The van der Waals surface area contributed by atoms with E-state index < -0.39 is 0 Å². The van der Waals surface area contributed by atoms with Crippen LogP contribution in [0.5, 0.6) is 0 Å². The average Bonchev–Trinajstić information content (AvgIpc) is 3.34. The molecule has 0 bridgehead atoms. The summed E-state index contributed by atoms with van der Waals surface area (Å²) in [6.45, 7) is 2.48. The highest BCUT2D eigenvalue weighted by Gasteiger charge is 2.77. The Morgan fingerprint density at radius 3 is 2.79 bits per heavy atom. The van der Waals surface area contributed by atoms with Gasteiger partial charge < -0.3 is 9.84 Å². The minimum atomic E-state index is -0.382. The summed E-state index contributed by atoms with van der Waals surface area (Å²) in [5.74, 6) is 3.27. The summed E-state index contributed by atoms with van der Waals surface area (Å²) in [6, 6.07) is -0.108. The van der Waals surface area contributed by atoms with Crippen molar-refractivity contribution in [2.75, 3.05) is 6.61 Å². The first kappa shape index (κ1) is 17.4. The first-order valence-corrected chi connectivity index (χ1v) is 11.1. The van der Waals surface area contributed by atoms with E-state index in [9.17, 15) is 14.8 Å². The van der Waals surface area contributed by atoms with Gasteiger partial charge in [-0.15, -0.1) is 0 Å². The summed E-state index contributed by atoms with van der Waals surface area (Å²) in [4.78, 5) is 23.2. The lowest BCUT2D eigenvalue weighted by Crippen LogP contribution is -2.55. The number of rotatable bonds is 2. The number of esters is 1. The van der Waals surface area contributed by atoms with Crippen molar-refractivity contribution >= 4 is 5.97 Å². The molecule has 1 N–H and O–H groups in total. The van der Waals surface area contributed by atoms with Gasteiger partial charge in [-0.05, 0) is 86.2 Å². The lowest BCUT2D eigenvalue weighted by Gasteiger charge is -2.57. The SMILES string of the molecule is C[C@]12CCC3C(CC(CO)=C4CC(N=O)CC[C@@H]43)C1C1CC1[C@@]21C=CC(=O)O1. The molecular weight excluding hydrogens is 354 g/mol. The Kier molecular flexibility index (Phi) is 3.45. The molecule has 5 nitrogen and oxygen atoms in total. The normalized spacial score (nSPS) is 53.4. The summed E-state index contributed by atoms with van der Waals surface area (Å²) < 4.78 is 6.05. The van der Waals surface area contributed by atoms with Gasteiger partial charge in [-0.3, -0.25) is 0 Å². The number of aliphatic hydroxyl groups is 1. The molecule has 5 heteroatoms. The predicted octanol–water partition coefficient (Wildman–Crippen LogP) is 3.76. The molecule has 6 rings (SSSR count). The molecule has 0 aromatic carbocycles. The van der Waals surface area contributed by atoms with E-state index in [1.54, 1.807) is 6.08 Å². The number of fused-ring (bicyclic) bond motifs is 9. The van der Waals surface area contributed by atoms with Gasteiger partial charge in [0.05, 0.1) is 12.6 Å². The molecule has 4 saturated carbocycles. The molecule has 1 spiro atoms. The molecule has 0 aromatic rings. The number of ether oxygens (including phenoxy) is 1. The highest BCUT2D eigenvalue weighted by molar-refractivity contribution is 5.85. The molecule has 1 heterocycles. The number of carbonyl (C=O) groups is 1. The topological polar surface area (TPSA) is 76.0 Å². The smallest absolute Gasteiger partial charge is 0.331 e. The van der Waals surface area contributed by atoms with Gasteiger partial charge in [0.15, 0.2) is 0 Å². The van der Waals surface area contributed by atoms with E-state index in [1.807, 2.05) is 0 Å². The second kappa shape index (κ2) is 5.56. The monoisotopic (exact) mass is 383 g/mol. The number of hydrogen-bond donors (Lipinski definition) is 1. The molecule has 6 unspecified atom stereocenters. The van der Waals surface area contributed by atoms with Gasteiger partial charge in [0.2, 0.25) is 0 Å². The fourth-order valence-corrected chi connectivity index (χ4v) is 8.67. The van der Waals surface area contributed by atoms with E-state index in [0.29, 0.717) is 35.5 Å². The molecule has 0 saturated heterocycles. The van der Waals surface area contributed by atoms with Gasteiger partial charge >= 0.3 is 5.97 Å². The Morgan fingerprint density at radius 2 is 2.07 bits per heavy atom. The highest BCUT2D eigenvalue weighted by atomic mass is 16.6. The summed E-state index contributed by atoms with van der Waals surface area (Å²) in [5, 5.41) is 13.5. The maximum absolute atomic E-state index is 12.0. The Morgan fingerprint density at radius 1 is 1.21 bits per heavy atom. The molecule has 0 amide bonds. The number of nitroso groups, excluding NO2 is 1. The third kappa shape index (κ3) is 1.94. The fourth-order valence-electron chi connectivity index (χ4n) is 8.67. The Hall–Kier alpha value is -1.49. The number of hydrogen-bond acceptors (Lipinski definition) is 5. The third-order valence-corrected chi connectivity index (χ3v) is 9.73. The maximum Gasteiger partial charge on any atom is 0.331 e. The summed E-state index contributed by atoms with van der Waals surface area (Å²) in [7, 11) is 0. The molecule has 150 valence electrons. The van der Waals surface area contributed by atoms with Crippen LogP contribution in [-0.2, 0) is 9.53 Å². The standard InChI is InChI=1S/C23H29NO4/c1-22-6-4-15-14-3-2-13(24-27)9-16(14)12(11-25)8-17(15)21(22)18-10-19(18)23(22)7-5-20(26)28-23/h5,7,13-15,17-19,21,25H,2-4,6,8-11H2,1H3/t13?,14-,15?,17?,18?,19?,21?,22+,23+/m1/s1. The van der Waals surface area contributed by atoms with E-state index >= 15 is 0 Å². The Balaban J connectivity index is 1.39. The zero-order chi connectivity index (χ0) is 19.3. The molecule has 1 aliphatic heterocycles. The van der Waals surface area contributed by atoms with Crippen molar-refractivity contribution in [3.63, 3.8) is 0 Å². The minimum Gasteiger partial charge on any atom is -0.451 e. The molecule has 6 aliphatic rings.